The summed E-state index contributed by atoms with van der Waals surface area (Å²) in [5.74, 6) is 0.217. The standard InChI is InChI=1S/C21H23ClN2O3S/c1-14-5-10-17-18(13-14)28-20(24(17)11-12-26-4)23-19(25)21(2,3)27-16-8-6-15(22)7-9-16/h5-10,13H,11-12H2,1-4H3. The lowest BCUT2D eigenvalue weighted by atomic mass is 10.1. The number of thiazole rings is 1. The van der Waals surface area contributed by atoms with E-state index in [9.17, 15) is 4.79 Å². The number of rotatable bonds is 6. The minimum atomic E-state index is -1.11. The molecular formula is C21H23ClN2O3S. The summed E-state index contributed by atoms with van der Waals surface area (Å²) in [5, 5.41) is 0.612. The van der Waals surface area contributed by atoms with Gasteiger partial charge in [0.2, 0.25) is 0 Å². The van der Waals surface area contributed by atoms with Crippen molar-refractivity contribution >= 4 is 39.1 Å². The Kier molecular flexibility index (Phi) is 6.23. The second-order valence-corrected chi connectivity index (χ2v) is 8.43. The summed E-state index contributed by atoms with van der Waals surface area (Å²) < 4.78 is 14.2. The van der Waals surface area contributed by atoms with Crippen LogP contribution in [-0.2, 0) is 16.1 Å². The van der Waals surface area contributed by atoms with Gasteiger partial charge in [0.15, 0.2) is 10.4 Å². The van der Waals surface area contributed by atoms with Crippen molar-refractivity contribution < 1.29 is 14.3 Å². The van der Waals surface area contributed by atoms with Crippen LogP contribution in [0.5, 0.6) is 5.75 Å². The molecule has 148 valence electrons. The van der Waals surface area contributed by atoms with Crippen LogP contribution in [-0.4, -0.2) is 29.8 Å². The Morgan fingerprint density at radius 3 is 2.61 bits per heavy atom. The average Bonchev–Trinajstić information content (AvgIpc) is 2.97. The van der Waals surface area contributed by atoms with E-state index in [1.54, 1.807) is 45.2 Å². The molecule has 0 aliphatic rings. The molecule has 0 unspecified atom stereocenters. The molecule has 28 heavy (non-hydrogen) atoms. The molecule has 1 heterocycles. The van der Waals surface area contributed by atoms with Gasteiger partial charge in [-0.25, -0.2) is 0 Å². The van der Waals surface area contributed by atoms with Crippen LogP contribution in [0.25, 0.3) is 10.2 Å². The van der Waals surface area contributed by atoms with E-state index in [1.807, 2.05) is 11.5 Å². The number of carbonyl (C=O) groups excluding carboxylic acids is 1. The molecule has 3 rings (SSSR count). The maximum atomic E-state index is 12.9. The molecule has 7 heteroatoms. The summed E-state index contributed by atoms with van der Waals surface area (Å²) in [7, 11) is 1.66. The number of hydrogen-bond donors (Lipinski definition) is 0. The van der Waals surface area contributed by atoms with Crippen LogP contribution in [0.4, 0.5) is 0 Å². The van der Waals surface area contributed by atoms with Crippen LogP contribution in [0, 0.1) is 6.92 Å². The zero-order chi connectivity index (χ0) is 20.3. The molecule has 2 aromatic carbocycles. The fourth-order valence-electron chi connectivity index (χ4n) is 2.73. The van der Waals surface area contributed by atoms with Crippen LogP contribution in [0.15, 0.2) is 47.5 Å². The van der Waals surface area contributed by atoms with Crippen molar-refractivity contribution in [2.75, 3.05) is 13.7 Å². The van der Waals surface area contributed by atoms with E-state index < -0.39 is 5.60 Å². The second kappa shape index (κ2) is 8.47. The molecule has 0 aliphatic carbocycles. The largest absolute Gasteiger partial charge is 0.478 e. The molecule has 0 saturated carbocycles. The first kappa shape index (κ1) is 20.6. The number of fused-ring (bicyclic) bond motifs is 1. The van der Waals surface area contributed by atoms with Crippen molar-refractivity contribution in [2.45, 2.75) is 32.9 Å². The number of nitrogens with zero attached hydrogens (tertiary/aromatic N) is 2. The van der Waals surface area contributed by atoms with Crippen LogP contribution >= 0.6 is 22.9 Å². The van der Waals surface area contributed by atoms with Gasteiger partial charge in [-0.05, 0) is 62.7 Å². The number of halogens is 1. The van der Waals surface area contributed by atoms with Crippen molar-refractivity contribution in [3.05, 3.63) is 57.9 Å². The molecule has 0 radical (unpaired) electrons. The summed E-state index contributed by atoms with van der Waals surface area (Å²) in [6.07, 6.45) is 0. The van der Waals surface area contributed by atoms with Gasteiger partial charge in [0.05, 0.1) is 16.8 Å². The van der Waals surface area contributed by atoms with Gasteiger partial charge in [-0.1, -0.05) is 29.0 Å². The molecule has 0 fully saturated rings. The summed E-state index contributed by atoms with van der Waals surface area (Å²) in [5.41, 5.74) is 1.09. The molecule has 0 bridgehead atoms. The van der Waals surface area contributed by atoms with E-state index in [1.165, 1.54) is 11.3 Å². The Bertz CT molecular complexity index is 1050. The minimum absolute atomic E-state index is 0.350. The second-order valence-electron chi connectivity index (χ2n) is 6.98. The molecule has 5 nitrogen and oxygen atoms in total. The highest BCUT2D eigenvalue weighted by Crippen LogP contribution is 2.23. The number of carbonyl (C=O) groups is 1. The molecule has 1 aromatic heterocycles. The van der Waals surface area contributed by atoms with E-state index in [0.717, 1.165) is 15.8 Å². The minimum Gasteiger partial charge on any atom is -0.478 e. The van der Waals surface area contributed by atoms with Crippen molar-refractivity contribution in [1.29, 1.82) is 0 Å². The summed E-state index contributed by atoms with van der Waals surface area (Å²) in [6.45, 7) is 6.62. The van der Waals surface area contributed by atoms with E-state index >= 15 is 0 Å². The number of benzene rings is 2. The number of hydrogen-bond acceptors (Lipinski definition) is 4. The topological polar surface area (TPSA) is 52.8 Å². The van der Waals surface area contributed by atoms with Gasteiger partial charge in [0, 0.05) is 18.7 Å². The number of aromatic nitrogens is 1. The Morgan fingerprint density at radius 2 is 1.93 bits per heavy atom. The Morgan fingerprint density at radius 1 is 1.21 bits per heavy atom. The highest BCUT2D eigenvalue weighted by atomic mass is 35.5. The summed E-state index contributed by atoms with van der Waals surface area (Å²) >= 11 is 7.40. The quantitative estimate of drug-likeness (QED) is 0.588. The molecular weight excluding hydrogens is 396 g/mol. The number of aryl methyl sites for hydroxylation is 1. The highest BCUT2D eigenvalue weighted by molar-refractivity contribution is 7.16. The first-order valence-corrected chi connectivity index (χ1v) is 10.1. The van der Waals surface area contributed by atoms with Gasteiger partial charge >= 0.3 is 0 Å². The predicted molar refractivity (Wildman–Crippen MR) is 113 cm³/mol. The van der Waals surface area contributed by atoms with Crippen LogP contribution < -0.4 is 9.54 Å². The molecule has 0 aliphatic heterocycles. The van der Waals surface area contributed by atoms with E-state index in [0.29, 0.717) is 28.7 Å². The van der Waals surface area contributed by atoms with E-state index in [-0.39, 0.29) is 5.91 Å². The summed E-state index contributed by atoms with van der Waals surface area (Å²) in [4.78, 5) is 18.0. The lowest BCUT2D eigenvalue weighted by Crippen LogP contribution is -2.38. The first-order chi connectivity index (χ1) is 13.3. The van der Waals surface area contributed by atoms with Gasteiger partial charge in [0.1, 0.15) is 5.75 Å². The van der Waals surface area contributed by atoms with Gasteiger partial charge in [0.25, 0.3) is 5.91 Å². The van der Waals surface area contributed by atoms with Gasteiger partial charge in [-0.15, -0.1) is 0 Å². The van der Waals surface area contributed by atoms with Crippen LogP contribution in [0.2, 0.25) is 5.02 Å². The lowest BCUT2D eigenvalue weighted by Gasteiger charge is -2.22. The Balaban J connectivity index is 1.97. The molecule has 0 saturated heterocycles. The number of methoxy groups -OCH3 is 1. The maximum Gasteiger partial charge on any atom is 0.291 e. The third-order valence-electron chi connectivity index (χ3n) is 4.26. The zero-order valence-corrected chi connectivity index (χ0v) is 17.9. The van der Waals surface area contributed by atoms with E-state index in [2.05, 4.69) is 23.2 Å². The summed E-state index contributed by atoms with van der Waals surface area (Å²) in [6, 6.07) is 13.1. The Hall–Kier alpha value is -2.15. The fraction of sp³-hybridized carbons (Fsp3) is 0.333. The van der Waals surface area contributed by atoms with Crippen molar-refractivity contribution in [3.63, 3.8) is 0 Å². The number of amides is 1. The SMILES string of the molecule is COCCn1c(=NC(=O)C(C)(C)Oc2ccc(Cl)cc2)sc2cc(C)ccc21. The maximum absolute atomic E-state index is 12.9. The fourth-order valence-corrected chi connectivity index (χ4v) is 4.01. The van der Waals surface area contributed by atoms with Gasteiger partial charge in [-0.3, -0.25) is 4.79 Å². The van der Waals surface area contributed by atoms with Gasteiger partial charge in [-0.2, -0.15) is 4.99 Å². The predicted octanol–water partition coefficient (Wildman–Crippen LogP) is 4.60. The number of ether oxygens (including phenoxy) is 2. The third-order valence-corrected chi connectivity index (χ3v) is 5.55. The molecule has 3 aromatic rings. The van der Waals surface area contributed by atoms with Crippen molar-refractivity contribution in [2.24, 2.45) is 4.99 Å². The normalized spacial score (nSPS) is 12.5. The molecule has 0 N–H and O–H groups in total. The van der Waals surface area contributed by atoms with Crippen molar-refractivity contribution in [1.82, 2.24) is 4.57 Å². The zero-order valence-electron chi connectivity index (χ0n) is 16.4. The van der Waals surface area contributed by atoms with Gasteiger partial charge < -0.3 is 14.0 Å². The van der Waals surface area contributed by atoms with Crippen molar-refractivity contribution in [3.8, 4) is 5.75 Å². The molecule has 0 atom stereocenters. The lowest BCUT2D eigenvalue weighted by molar-refractivity contribution is -0.130. The highest BCUT2D eigenvalue weighted by Gasteiger charge is 2.30. The van der Waals surface area contributed by atoms with Crippen LogP contribution in [0.3, 0.4) is 0 Å². The van der Waals surface area contributed by atoms with Crippen LogP contribution in [0.1, 0.15) is 19.4 Å². The smallest absolute Gasteiger partial charge is 0.291 e. The van der Waals surface area contributed by atoms with E-state index in [4.69, 9.17) is 21.1 Å². The first-order valence-electron chi connectivity index (χ1n) is 8.93. The average molecular weight is 419 g/mol. The molecule has 1 amide bonds. The third kappa shape index (κ3) is 4.63. The molecule has 0 spiro atoms. The monoisotopic (exact) mass is 418 g/mol. The Labute approximate surface area is 173 Å².